The van der Waals surface area contributed by atoms with Crippen molar-refractivity contribution in [3.8, 4) is 0 Å². The lowest BCUT2D eigenvalue weighted by Gasteiger charge is -2.31. The van der Waals surface area contributed by atoms with Crippen molar-refractivity contribution in [1.29, 1.82) is 0 Å². The van der Waals surface area contributed by atoms with Crippen molar-refractivity contribution in [3.05, 3.63) is 36.7 Å². The average molecular weight is 338 g/mol. The molecular formula is C15H22N4O3S. The summed E-state index contributed by atoms with van der Waals surface area (Å²) in [6.07, 6.45) is 11.1. The van der Waals surface area contributed by atoms with Gasteiger partial charge in [0.1, 0.15) is 12.0 Å². The molecule has 3 heterocycles. The van der Waals surface area contributed by atoms with Crippen LogP contribution >= 0.6 is 0 Å². The van der Waals surface area contributed by atoms with E-state index in [1.807, 2.05) is 12.5 Å². The molecule has 7 nitrogen and oxygen atoms in total. The molecule has 2 aromatic heterocycles. The maximum absolute atomic E-state index is 12.4. The Balaban J connectivity index is 1.42. The van der Waals surface area contributed by atoms with Gasteiger partial charge in [0.25, 0.3) is 0 Å². The van der Waals surface area contributed by atoms with Crippen LogP contribution in [-0.4, -0.2) is 40.5 Å². The SMILES string of the molecule is O=S(=O)(Cc1ccon1)N1CCC(CCCn2ccnc2)CC1. The highest BCUT2D eigenvalue weighted by molar-refractivity contribution is 7.88. The summed E-state index contributed by atoms with van der Waals surface area (Å²) in [7, 11) is -3.29. The molecule has 0 spiro atoms. The van der Waals surface area contributed by atoms with Crippen LogP contribution < -0.4 is 0 Å². The summed E-state index contributed by atoms with van der Waals surface area (Å²) < 4.78 is 33.1. The van der Waals surface area contributed by atoms with E-state index < -0.39 is 10.0 Å². The van der Waals surface area contributed by atoms with Crippen molar-refractivity contribution in [2.24, 2.45) is 5.92 Å². The lowest BCUT2D eigenvalue weighted by molar-refractivity contribution is 0.257. The monoisotopic (exact) mass is 338 g/mol. The van der Waals surface area contributed by atoms with Gasteiger partial charge in [-0.2, -0.15) is 0 Å². The fourth-order valence-corrected chi connectivity index (χ4v) is 4.52. The second-order valence-corrected chi connectivity index (χ2v) is 8.00. The van der Waals surface area contributed by atoms with Crippen LogP contribution in [0, 0.1) is 5.92 Å². The van der Waals surface area contributed by atoms with Gasteiger partial charge in [-0.15, -0.1) is 0 Å². The summed E-state index contributed by atoms with van der Waals surface area (Å²) in [5.41, 5.74) is 0.465. The summed E-state index contributed by atoms with van der Waals surface area (Å²) in [4.78, 5) is 4.03. The number of hydrogen-bond acceptors (Lipinski definition) is 5. The van der Waals surface area contributed by atoms with Gasteiger partial charge in [0.2, 0.25) is 10.0 Å². The van der Waals surface area contributed by atoms with Crippen molar-refractivity contribution in [2.75, 3.05) is 13.1 Å². The molecule has 1 saturated heterocycles. The Morgan fingerprint density at radius 2 is 2.13 bits per heavy atom. The zero-order valence-electron chi connectivity index (χ0n) is 13.0. The number of imidazole rings is 1. The smallest absolute Gasteiger partial charge is 0.219 e. The molecule has 3 rings (SSSR count). The third-order valence-corrected chi connectivity index (χ3v) is 6.19. The van der Waals surface area contributed by atoms with Crippen LogP contribution in [0.1, 0.15) is 31.4 Å². The number of nitrogens with zero attached hydrogens (tertiary/aromatic N) is 4. The summed E-state index contributed by atoms with van der Waals surface area (Å²) in [5, 5.41) is 3.69. The Kier molecular flexibility index (Phi) is 5.12. The molecule has 0 atom stereocenters. The lowest BCUT2D eigenvalue weighted by Crippen LogP contribution is -2.39. The van der Waals surface area contributed by atoms with Crippen molar-refractivity contribution in [2.45, 2.75) is 38.0 Å². The normalized spacial score (nSPS) is 17.6. The van der Waals surface area contributed by atoms with E-state index in [0.29, 0.717) is 24.7 Å². The Morgan fingerprint density at radius 1 is 1.30 bits per heavy atom. The van der Waals surface area contributed by atoms with Crippen LogP contribution in [0.4, 0.5) is 0 Å². The highest BCUT2D eigenvalue weighted by Crippen LogP contribution is 2.25. The second kappa shape index (κ2) is 7.27. The molecule has 8 heteroatoms. The molecule has 1 aliphatic heterocycles. The van der Waals surface area contributed by atoms with E-state index in [2.05, 4.69) is 14.7 Å². The Hall–Kier alpha value is -1.67. The molecule has 1 aliphatic rings. The van der Waals surface area contributed by atoms with Crippen molar-refractivity contribution in [1.82, 2.24) is 19.0 Å². The van der Waals surface area contributed by atoms with E-state index in [0.717, 1.165) is 32.2 Å². The largest absolute Gasteiger partial charge is 0.364 e. The van der Waals surface area contributed by atoms with Gasteiger partial charge in [0.05, 0.1) is 12.0 Å². The molecular weight excluding hydrogens is 316 g/mol. The average Bonchev–Trinajstić information content (AvgIpc) is 3.21. The fourth-order valence-electron chi connectivity index (χ4n) is 3.05. The Morgan fingerprint density at radius 3 is 2.78 bits per heavy atom. The van der Waals surface area contributed by atoms with Crippen LogP contribution in [0.2, 0.25) is 0 Å². The zero-order valence-corrected chi connectivity index (χ0v) is 13.9. The van der Waals surface area contributed by atoms with Gasteiger partial charge < -0.3 is 9.09 Å². The predicted octanol–water partition coefficient (Wildman–Crippen LogP) is 1.89. The van der Waals surface area contributed by atoms with E-state index >= 15 is 0 Å². The highest BCUT2D eigenvalue weighted by Gasteiger charge is 2.28. The third-order valence-electron chi connectivity index (χ3n) is 4.38. The number of rotatable bonds is 7. The van der Waals surface area contributed by atoms with Gasteiger partial charge in [0, 0.05) is 38.1 Å². The lowest BCUT2D eigenvalue weighted by atomic mass is 9.93. The van der Waals surface area contributed by atoms with E-state index in [9.17, 15) is 8.42 Å². The summed E-state index contributed by atoms with van der Waals surface area (Å²) in [6.45, 7) is 2.19. The van der Waals surface area contributed by atoms with Gasteiger partial charge in [0.15, 0.2) is 0 Å². The molecule has 0 bridgehead atoms. The quantitative estimate of drug-likeness (QED) is 0.770. The van der Waals surface area contributed by atoms with Gasteiger partial charge in [-0.1, -0.05) is 5.16 Å². The minimum absolute atomic E-state index is 0.0746. The molecule has 0 N–H and O–H groups in total. The first-order chi connectivity index (χ1) is 11.1. The van der Waals surface area contributed by atoms with E-state index in [4.69, 9.17) is 4.52 Å². The van der Waals surface area contributed by atoms with Gasteiger partial charge in [-0.3, -0.25) is 0 Å². The zero-order chi connectivity index (χ0) is 16.1. The number of sulfonamides is 1. The number of hydrogen-bond donors (Lipinski definition) is 0. The highest BCUT2D eigenvalue weighted by atomic mass is 32.2. The number of piperidine rings is 1. The van der Waals surface area contributed by atoms with Gasteiger partial charge in [-0.05, 0) is 31.6 Å². The molecule has 0 radical (unpaired) electrons. The summed E-state index contributed by atoms with van der Waals surface area (Å²) >= 11 is 0. The molecule has 0 amide bonds. The standard InChI is InChI=1S/C15H22N4O3S/c20-23(21,12-15-5-11-22-17-15)19-8-3-14(4-9-19)2-1-7-18-10-6-16-13-18/h5-6,10-11,13-14H,1-4,7-9,12H2. The van der Waals surface area contributed by atoms with Gasteiger partial charge in [-0.25, -0.2) is 17.7 Å². The van der Waals surface area contributed by atoms with E-state index in [1.165, 1.54) is 6.26 Å². The van der Waals surface area contributed by atoms with Crippen LogP contribution in [0.3, 0.4) is 0 Å². The maximum Gasteiger partial charge on any atom is 0.219 e. The molecule has 0 aromatic carbocycles. The van der Waals surface area contributed by atoms with Crippen LogP contribution in [0.25, 0.3) is 0 Å². The van der Waals surface area contributed by atoms with Crippen LogP contribution in [-0.2, 0) is 22.3 Å². The Labute approximate surface area is 136 Å². The maximum atomic E-state index is 12.4. The molecule has 0 saturated carbocycles. The second-order valence-electron chi connectivity index (χ2n) is 6.03. The molecule has 0 unspecified atom stereocenters. The molecule has 0 aliphatic carbocycles. The molecule has 1 fully saturated rings. The van der Waals surface area contributed by atoms with Crippen molar-refractivity contribution < 1.29 is 12.9 Å². The van der Waals surface area contributed by atoms with Gasteiger partial charge >= 0.3 is 0 Å². The molecule has 23 heavy (non-hydrogen) atoms. The summed E-state index contributed by atoms with van der Waals surface area (Å²) in [5.74, 6) is 0.534. The van der Waals surface area contributed by atoms with Crippen LogP contribution in [0.5, 0.6) is 0 Å². The molecule has 126 valence electrons. The number of aromatic nitrogens is 3. The van der Waals surface area contributed by atoms with Crippen LogP contribution in [0.15, 0.2) is 35.6 Å². The van der Waals surface area contributed by atoms with E-state index in [1.54, 1.807) is 16.6 Å². The predicted molar refractivity (Wildman–Crippen MR) is 84.9 cm³/mol. The first-order valence-electron chi connectivity index (χ1n) is 7.96. The Bertz CT molecular complexity index is 674. The molecule has 2 aromatic rings. The fraction of sp³-hybridized carbons (Fsp3) is 0.600. The first kappa shape index (κ1) is 16.2. The summed E-state index contributed by atoms with van der Waals surface area (Å²) in [6, 6.07) is 1.60. The van der Waals surface area contributed by atoms with E-state index in [-0.39, 0.29) is 5.75 Å². The first-order valence-corrected chi connectivity index (χ1v) is 9.57. The van der Waals surface area contributed by atoms with Crippen molar-refractivity contribution in [3.63, 3.8) is 0 Å². The minimum Gasteiger partial charge on any atom is -0.364 e. The minimum atomic E-state index is -3.29. The number of aryl methyl sites for hydroxylation is 1. The topological polar surface area (TPSA) is 81.2 Å². The van der Waals surface area contributed by atoms with Crippen molar-refractivity contribution >= 4 is 10.0 Å². The third kappa shape index (κ3) is 4.42.